The molecule has 1 aromatic heterocycles. The van der Waals surface area contributed by atoms with Gasteiger partial charge in [0.05, 0.1) is 16.1 Å². The van der Waals surface area contributed by atoms with Gasteiger partial charge in [0.25, 0.3) is 0 Å². The highest BCUT2D eigenvalue weighted by Crippen LogP contribution is 2.33. The SMILES string of the molecule is Cc1ccc2nc3ccccc3c(Cl)c2c1C. The van der Waals surface area contributed by atoms with E-state index >= 15 is 0 Å². The van der Waals surface area contributed by atoms with Gasteiger partial charge in [0.1, 0.15) is 0 Å². The molecule has 0 saturated carbocycles. The highest BCUT2D eigenvalue weighted by molar-refractivity contribution is 6.40. The number of pyridine rings is 1. The van der Waals surface area contributed by atoms with Crippen LogP contribution in [0.1, 0.15) is 11.1 Å². The van der Waals surface area contributed by atoms with Crippen LogP contribution < -0.4 is 0 Å². The van der Waals surface area contributed by atoms with Gasteiger partial charge < -0.3 is 0 Å². The zero-order valence-corrected chi connectivity index (χ0v) is 10.5. The largest absolute Gasteiger partial charge is 0.248 e. The molecule has 17 heavy (non-hydrogen) atoms. The average Bonchev–Trinajstić information content (AvgIpc) is 2.34. The summed E-state index contributed by atoms with van der Waals surface area (Å²) in [4.78, 5) is 4.66. The average molecular weight is 242 g/mol. The van der Waals surface area contributed by atoms with Gasteiger partial charge in [-0.25, -0.2) is 4.98 Å². The molecule has 2 heteroatoms. The van der Waals surface area contributed by atoms with Gasteiger partial charge in [-0.05, 0) is 37.1 Å². The number of aryl methyl sites for hydroxylation is 2. The molecule has 0 radical (unpaired) electrons. The van der Waals surface area contributed by atoms with E-state index in [1.165, 1.54) is 11.1 Å². The Morgan fingerprint density at radius 1 is 0.941 bits per heavy atom. The highest BCUT2D eigenvalue weighted by atomic mass is 35.5. The molecule has 84 valence electrons. The molecule has 0 aliphatic rings. The summed E-state index contributed by atoms with van der Waals surface area (Å²) >= 11 is 6.51. The number of aromatic nitrogens is 1. The minimum atomic E-state index is 0.812. The van der Waals surface area contributed by atoms with E-state index in [-0.39, 0.29) is 0 Å². The molecule has 0 fully saturated rings. The fraction of sp³-hybridized carbons (Fsp3) is 0.133. The molecule has 0 amide bonds. The van der Waals surface area contributed by atoms with Gasteiger partial charge in [0.2, 0.25) is 0 Å². The first-order chi connectivity index (χ1) is 8.18. The number of para-hydroxylation sites is 1. The van der Waals surface area contributed by atoms with Crippen LogP contribution in [0.5, 0.6) is 0 Å². The molecule has 0 saturated heterocycles. The van der Waals surface area contributed by atoms with E-state index in [2.05, 4.69) is 24.9 Å². The minimum Gasteiger partial charge on any atom is -0.248 e. The number of nitrogens with zero attached hydrogens (tertiary/aromatic N) is 1. The van der Waals surface area contributed by atoms with E-state index in [0.29, 0.717) is 0 Å². The van der Waals surface area contributed by atoms with E-state index in [1.807, 2.05) is 30.3 Å². The summed E-state index contributed by atoms with van der Waals surface area (Å²) in [6, 6.07) is 12.1. The number of rotatable bonds is 0. The molecule has 0 bridgehead atoms. The standard InChI is InChI=1S/C15H12ClN/c1-9-7-8-13-14(10(9)2)15(16)11-5-3-4-6-12(11)17-13/h3-8H,1-2H3. The lowest BCUT2D eigenvalue weighted by Gasteiger charge is -2.09. The molecule has 1 heterocycles. The van der Waals surface area contributed by atoms with E-state index < -0.39 is 0 Å². The maximum atomic E-state index is 6.51. The van der Waals surface area contributed by atoms with Crippen molar-refractivity contribution in [3.8, 4) is 0 Å². The molecule has 0 N–H and O–H groups in total. The second-order valence-corrected chi connectivity index (χ2v) is 4.72. The second-order valence-electron chi connectivity index (χ2n) is 4.34. The Hall–Kier alpha value is -1.60. The minimum absolute atomic E-state index is 0.812. The summed E-state index contributed by atoms with van der Waals surface area (Å²) in [6.07, 6.45) is 0. The summed E-state index contributed by atoms with van der Waals surface area (Å²) < 4.78 is 0. The van der Waals surface area contributed by atoms with Gasteiger partial charge in [-0.1, -0.05) is 35.9 Å². The summed E-state index contributed by atoms with van der Waals surface area (Å²) in [5, 5.41) is 2.91. The third kappa shape index (κ3) is 1.50. The Labute approximate surface area is 105 Å². The number of hydrogen-bond donors (Lipinski definition) is 0. The van der Waals surface area contributed by atoms with Crippen molar-refractivity contribution >= 4 is 33.4 Å². The lowest BCUT2D eigenvalue weighted by atomic mass is 10.0. The van der Waals surface area contributed by atoms with E-state index in [0.717, 1.165) is 26.8 Å². The van der Waals surface area contributed by atoms with Crippen molar-refractivity contribution in [2.24, 2.45) is 0 Å². The van der Waals surface area contributed by atoms with Gasteiger partial charge >= 0.3 is 0 Å². The number of hydrogen-bond acceptors (Lipinski definition) is 1. The fourth-order valence-corrected chi connectivity index (χ4v) is 2.59. The zero-order chi connectivity index (χ0) is 12.0. The van der Waals surface area contributed by atoms with Crippen molar-refractivity contribution in [1.82, 2.24) is 4.98 Å². The van der Waals surface area contributed by atoms with Gasteiger partial charge in [0.15, 0.2) is 0 Å². The first-order valence-corrected chi connectivity index (χ1v) is 6.00. The van der Waals surface area contributed by atoms with Crippen molar-refractivity contribution in [2.75, 3.05) is 0 Å². The van der Waals surface area contributed by atoms with Crippen molar-refractivity contribution in [3.63, 3.8) is 0 Å². The van der Waals surface area contributed by atoms with E-state index in [1.54, 1.807) is 0 Å². The molecular formula is C15H12ClN. The quantitative estimate of drug-likeness (QED) is 0.522. The number of halogens is 1. The molecule has 0 aliphatic carbocycles. The molecule has 0 aliphatic heterocycles. The van der Waals surface area contributed by atoms with E-state index in [4.69, 9.17) is 11.6 Å². The smallest absolute Gasteiger partial charge is 0.0727 e. The number of benzene rings is 2. The zero-order valence-electron chi connectivity index (χ0n) is 9.79. The van der Waals surface area contributed by atoms with Crippen LogP contribution in [0, 0.1) is 13.8 Å². The van der Waals surface area contributed by atoms with Gasteiger partial charge in [0, 0.05) is 10.8 Å². The Balaban J connectivity index is 2.60. The Bertz CT molecular complexity index is 732. The molecule has 1 nitrogen and oxygen atoms in total. The monoisotopic (exact) mass is 241 g/mol. The van der Waals surface area contributed by atoms with Crippen LogP contribution in [0.2, 0.25) is 5.02 Å². The van der Waals surface area contributed by atoms with Crippen LogP contribution in [0.3, 0.4) is 0 Å². The maximum Gasteiger partial charge on any atom is 0.0727 e. The van der Waals surface area contributed by atoms with E-state index in [9.17, 15) is 0 Å². The molecule has 3 rings (SSSR count). The third-order valence-corrected chi connectivity index (χ3v) is 3.71. The Morgan fingerprint density at radius 2 is 1.71 bits per heavy atom. The summed E-state index contributed by atoms with van der Waals surface area (Å²) in [5.41, 5.74) is 4.38. The molecule has 0 spiro atoms. The molecule has 0 unspecified atom stereocenters. The summed E-state index contributed by atoms with van der Waals surface area (Å²) in [5.74, 6) is 0. The number of fused-ring (bicyclic) bond motifs is 2. The second kappa shape index (κ2) is 3.71. The lowest BCUT2D eigenvalue weighted by molar-refractivity contribution is 1.36. The predicted octanol–water partition coefficient (Wildman–Crippen LogP) is 4.66. The van der Waals surface area contributed by atoms with Crippen LogP contribution in [0.4, 0.5) is 0 Å². The van der Waals surface area contributed by atoms with Gasteiger partial charge in [-0.15, -0.1) is 0 Å². The lowest BCUT2D eigenvalue weighted by Crippen LogP contribution is -1.89. The first kappa shape index (κ1) is 10.5. The topological polar surface area (TPSA) is 12.9 Å². The molecule has 0 atom stereocenters. The van der Waals surface area contributed by atoms with Crippen LogP contribution in [-0.2, 0) is 0 Å². The summed E-state index contributed by atoms with van der Waals surface area (Å²) in [7, 11) is 0. The fourth-order valence-electron chi connectivity index (χ4n) is 2.19. The third-order valence-electron chi connectivity index (χ3n) is 3.31. The normalized spacial score (nSPS) is 11.2. The van der Waals surface area contributed by atoms with Gasteiger partial charge in [-0.2, -0.15) is 0 Å². The molecule has 3 aromatic rings. The molecule has 2 aromatic carbocycles. The highest BCUT2D eigenvalue weighted by Gasteiger charge is 2.09. The maximum absolute atomic E-state index is 6.51. The van der Waals surface area contributed by atoms with Crippen LogP contribution in [0.25, 0.3) is 21.8 Å². The Kier molecular flexibility index (Phi) is 2.30. The van der Waals surface area contributed by atoms with Crippen molar-refractivity contribution in [2.45, 2.75) is 13.8 Å². The summed E-state index contributed by atoms with van der Waals surface area (Å²) in [6.45, 7) is 4.19. The van der Waals surface area contributed by atoms with Gasteiger partial charge in [-0.3, -0.25) is 0 Å². The first-order valence-electron chi connectivity index (χ1n) is 5.62. The predicted molar refractivity (Wildman–Crippen MR) is 73.7 cm³/mol. The van der Waals surface area contributed by atoms with Crippen LogP contribution in [0.15, 0.2) is 36.4 Å². The van der Waals surface area contributed by atoms with Crippen molar-refractivity contribution in [1.29, 1.82) is 0 Å². The van der Waals surface area contributed by atoms with Crippen molar-refractivity contribution in [3.05, 3.63) is 52.5 Å². The molecular weight excluding hydrogens is 230 g/mol. The Morgan fingerprint density at radius 3 is 2.53 bits per heavy atom. The van der Waals surface area contributed by atoms with Crippen molar-refractivity contribution < 1.29 is 0 Å². The van der Waals surface area contributed by atoms with Crippen LogP contribution >= 0.6 is 11.6 Å². The van der Waals surface area contributed by atoms with Crippen LogP contribution in [-0.4, -0.2) is 4.98 Å².